The molecule has 0 fully saturated rings. The van der Waals surface area contributed by atoms with Gasteiger partial charge in [0.05, 0.1) is 33.5 Å². The summed E-state index contributed by atoms with van der Waals surface area (Å²) in [6.07, 6.45) is 0. The van der Waals surface area contributed by atoms with Crippen molar-refractivity contribution in [1.29, 1.82) is 0 Å². The fourth-order valence-electron chi connectivity index (χ4n) is 7.41. The standard InChI is InChI=1S/C46H30N4/c1-4-14-31(15-5-1)40-30-41(48-46(47-40)33-16-6-2-7-17-33)32-24-26-35(27-25-32)50-43-23-13-11-21-37(43)39-28-44-38(29-45(39)50)36-20-10-12-22-42(36)49(44)34-18-8-3-9-19-34/h1-30H. The van der Waals surface area contributed by atoms with Gasteiger partial charge in [-0.2, -0.15) is 0 Å². The summed E-state index contributed by atoms with van der Waals surface area (Å²) in [5, 5.41) is 4.94. The van der Waals surface area contributed by atoms with Crippen molar-refractivity contribution in [3.05, 3.63) is 182 Å². The van der Waals surface area contributed by atoms with Crippen molar-refractivity contribution in [1.82, 2.24) is 19.1 Å². The highest BCUT2D eigenvalue weighted by molar-refractivity contribution is 6.19. The first kappa shape index (κ1) is 28.3. The zero-order valence-electron chi connectivity index (χ0n) is 27.1. The molecule has 4 nitrogen and oxygen atoms in total. The van der Waals surface area contributed by atoms with Crippen LogP contribution in [-0.2, 0) is 0 Å². The molecule has 3 heterocycles. The van der Waals surface area contributed by atoms with Crippen LogP contribution in [-0.4, -0.2) is 19.1 Å². The number of para-hydroxylation sites is 3. The van der Waals surface area contributed by atoms with E-state index in [9.17, 15) is 0 Å². The number of hydrogen-bond donors (Lipinski definition) is 0. The van der Waals surface area contributed by atoms with Gasteiger partial charge in [-0.1, -0.05) is 127 Å². The maximum Gasteiger partial charge on any atom is 0.160 e. The number of aromatic nitrogens is 4. The first-order valence-electron chi connectivity index (χ1n) is 16.9. The maximum absolute atomic E-state index is 5.06. The van der Waals surface area contributed by atoms with Crippen molar-refractivity contribution in [2.45, 2.75) is 0 Å². The molecular formula is C46H30N4. The molecule has 0 bridgehead atoms. The van der Waals surface area contributed by atoms with Crippen LogP contribution in [0, 0.1) is 0 Å². The third-order valence-electron chi connectivity index (χ3n) is 9.73. The van der Waals surface area contributed by atoms with Gasteiger partial charge in [0.2, 0.25) is 0 Å². The van der Waals surface area contributed by atoms with Gasteiger partial charge < -0.3 is 9.13 Å². The van der Waals surface area contributed by atoms with E-state index in [-0.39, 0.29) is 0 Å². The Morgan fingerprint density at radius 3 is 1.26 bits per heavy atom. The lowest BCUT2D eigenvalue weighted by Crippen LogP contribution is -1.97. The van der Waals surface area contributed by atoms with E-state index >= 15 is 0 Å². The van der Waals surface area contributed by atoms with E-state index in [2.05, 4.69) is 155 Å². The average Bonchev–Trinajstić information content (AvgIpc) is 3.70. The summed E-state index contributed by atoms with van der Waals surface area (Å²) in [5.41, 5.74) is 11.9. The molecule has 0 N–H and O–H groups in total. The molecule has 3 aromatic heterocycles. The second-order valence-corrected chi connectivity index (χ2v) is 12.7. The molecule has 0 aliphatic rings. The van der Waals surface area contributed by atoms with Gasteiger partial charge >= 0.3 is 0 Å². The summed E-state index contributed by atoms with van der Waals surface area (Å²) in [5.74, 6) is 0.715. The van der Waals surface area contributed by atoms with Crippen molar-refractivity contribution in [2.24, 2.45) is 0 Å². The zero-order chi connectivity index (χ0) is 33.0. The summed E-state index contributed by atoms with van der Waals surface area (Å²) in [6.45, 7) is 0. The molecule has 10 rings (SSSR count). The summed E-state index contributed by atoms with van der Waals surface area (Å²) in [4.78, 5) is 10.0. The van der Waals surface area contributed by atoms with Gasteiger partial charge in [0.15, 0.2) is 5.82 Å². The first-order valence-corrected chi connectivity index (χ1v) is 16.9. The smallest absolute Gasteiger partial charge is 0.160 e. The molecule has 0 aliphatic carbocycles. The van der Waals surface area contributed by atoms with Gasteiger partial charge in [0, 0.05) is 49.6 Å². The molecule has 10 aromatic rings. The molecule has 0 radical (unpaired) electrons. The second kappa shape index (κ2) is 11.4. The van der Waals surface area contributed by atoms with E-state index in [1.54, 1.807) is 0 Å². The third kappa shape index (κ3) is 4.54. The Kier molecular flexibility index (Phi) is 6.46. The van der Waals surface area contributed by atoms with Gasteiger partial charge in [-0.3, -0.25) is 0 Å². The predicted molar refractivity (Wildman–Crippen MR) is 207 cm³/mol. The molecule has 0 aliphatic heterocycles. The number of fused-ring (bicyclic) bond motifs is 6. The fourth-order valence-corrected chi connectivity index (χ4v) is 7.41. The van der Waals surface area contributed by atoms with E-state index in [1.165, 1.54) is 43.6 Å². The lowest BCUT2D eigenvalue weighted by molar-refractivity contribution is 1.17. The molecule has 0 saturated heterocycles. The van der Waals surface area contributed by atoms with Crippen LogP contribution in [0.25, 0.3) is 88.9 Å². The predicted octanol–water partition coefficient (Wildman–Crippen LogP) is 11.7. The van der Waals surface area contributed by atoms with Crippen LogP contribution >= 0.6 is 0 Å². The van der Waals surface area contributed by atoms with E-state index < -0.39 is 0 Å². The van der Waals surface area contributed by atoms with Crippen LogP contribution in [0.15, 0.2) is 182 Å². The molecule has 234 valence electrons. The van der Waals surface area contributed by atoms with Crippen molar-refractivity contribution < 1.29 is 0 Å². The van der Waals surface area contributed by atoms with Crippen molar-refractivity contribution >= 4 is 43.6 Å². The fraction of sp³-hybridized carbons (Fsp3) is 0. The Morgan fingerprint density at radius 1 is 0.300 bits per heavy atom. The van der Waals surface area contributed by atoms with Crippen LogP contribution in [0.5, 0.6) is 0 Å². The second-order valence-electron chi connectivity index (χ2n) is 12.7. The van der Waals surface area contributed by atoms with E-state index in [0.29, 0.717) is 5.82 Å². The third-order valence-corrected chi connectivity index (χ3v) is 9.73. The Balaban J connectivity index is 1.16. The minimum atomic E-state index is 0.715. The number of rotatable bonds is 5. The molecule has 50 heavy (non-hydrogen) atoms. The van der Waals surface area contributed by atoms with Gasteiger partial charge in [-0.15, -0.1) is 0 Å². The topological polar surface area (TPSA) is 35.6 Å². The van der Waals surface area contributed by atoms with E-state index in [1.807, 2.05) is 36.4 Å². The first-order chi connectivity index (χ1) is 24.8. The Hall–Kier alpha value is -6.78. The highest BCUT2D eigenvalue weighted by Crippen LogP contribution is 2.40. The van der Waals surface area contributed by atoms with Crippen LogP contribution < -0.4 is 0 Å². The lowest BCUT2D eigenvalue weighted by Gasteiger charge is -2.12. The van der Waals surface area contributed by atoms with Gasteiger partial charge in [-0.25, -0.2) is 9.97 Å². The van der Waals surface area contributed by atoms with Crippen molar-refractivity contribution in [2.75, 3.05) is 0 Å². The normalized spacial score (nSPS) is 11.6. The molecule has 0 unspecified atom stereocenters. The van der Waals surface area contributed by atoms with Gasteiger partial charge in [-0.05, 0) is 54.6 Å². The quantitative estimate of drug-likeness (QED) is 0.188. The Labute approximate surface area is 289 Å². The highest BCUT2D eigenvalue weighted by atomic mass is 15.0. The average molecular weight is 639 g/mol. The Bertz CT molecular complexity index is 2770. The lowest BCUT2D eigenvalue weighted by atomic mass is 10.1. The Morgan fingerprint density at radius 2 is 0.720 bits per heavy atom. The summed E-state index contributed by atoms with van der Waals surface area (Å²) < 4.78 is 4.79. The minimum absolute atomic E-state index is 0.715. The molecule has 7 aromatic carbocycles. The van der Waals surface area contributed by atoms with E-state index in [4.69, 9.17) is 9.97 Å². The molecule has 4 heteroatoms. The van der Waals surface area contributed by atoms with Crippen molar-refractivity contribution in [3.63, 3.8) is 0 Å². The molecule has 0 spiro atoms. The maximum atomic E-state index is 5.06. The van der Waals surface area contributed by atoms with Crippen molar-refractivity contribution in [3.8, 4) is 45.3 Å². The SMILES string of the molecule is c1ccc(-c2cc(-c3ccc(-n4c5ccccc5c5cc6c(cc54)c4ccccc4n6-c4ccccc4)cc3)nc(-c3ccccc3)n2)cc1. The summed E-state index contributed by atoms with van der Waals surface area (Å²) in [7, 11) is 0. The zero-order valence-corrected chi connectivity index (χ0v) is 27.1. The largest absolute Gasteiger partial charge is 0.309 e. The number of benzene rings is 7. The molecule has 0 amide bonds. The van der Waals surface area contributed by atoms with Crippen LogP contribution in [0.3, 0.4) is 0 Å². The van der Waals surface area contributed by atoms with Crippen LogP contribution in [0.1, 0.15) is 0 Å². The van der Waals surface area contributed by atoms with Gasteiger partial charge in [0.25, 0.3) is 0 Å². The molecule has 0 saturated carbocycles. The summed E-state index contributed by atoms with van der Waals surface area (Å²) >= 11 is 0. The number of nitrogens with zero attached hydrogens (tertiary/aromatic N) is 4. The number of hydrogen-bond acceptors (Lipinski definition) is 2. The van der Waals surface area contributed by atoms with Crippen LogP contribution in [0.4, 0.5) is 0 Å². The molecule has 0 atom stereocenters. The molecular weight excluding hydrogens is 609 g/mol. The van der Waals surface area contributed by atoms with E-state index in [0.717, 1.165) is 39.5 Å². The minimum Gasteiger partial charge on any atom is -0.309 e. The summed E-state index contributed by atoms with van der Waals surface area (Å²) in [6, 6.07) is 64.3. The highest BCUT2D eigenvalue weighted by Gasteiger charge is 2.18. The van der Waals surface area contributed by atoms with Gasteiger partial charge in [0.1, 0.15) is 0 Å². The van der Waals surface area contributed by atoms with Crippen LogP contribution in [0.2, 0.25) is 0 Å². The monoisotopic (exact) mass is 638 g/mol.